The fraction of sp³-hybridized carbons (Fsp3) is 0.111. The molecule has 0 fully saturated rings. The third kappa shape index (κ3) is 4.83. The average Bonchev–Trinajstić information content (AvgIpc) is 3.29. The number of allylic oxidation sites excluding steroid dienone is 1. The fourth-order valence-corrected chi connectivity index (χ4v) is 7.77. The van der Waals surface area contributed by atoms with Gasteiger partial charge in [0.15, 0.2) is 0 Å². The maximum absolute atomic E-state index is 5.67. The number of hydrogen-bond donors (Lipinski definition) is 0. The van der Waals surface area contributed by atoms with E-state index in [1.807, 2.05) is 0 Å². The highest BCUT2D eigenvalue weighted by Gasteiger charge is 2.30. The third-order valence-electron chi connectivity index (χ3n) is 10.2. The van der Waals surface area contributed by atoms with E-state index < -0.39 is 0 Å². The molecule has 6 aromatic carbocycles. The summed E-state index contributed by atoms with van der Waals surface area (Å²) in [6, 6.07) is 51.9. The number of benzene rings is 6. The van der Waals surface area contributed by atoms with Gasteiger partial charge in [-0.15, -0.1) is 0 Å². The van der Waals surface area contributed by atoms with Gasteiger partial charge in [0.05, 0.1) is 22.8 Å². The van der Waals surface area contributed by atoms with Gasteiger partial charge in [0.1, 0.15) is 11.0 Å². The van der Waals surface area contributed by atoms with Crippen LogP contribution in [0, 0.1) is 0 Å². The van der Waals surface area contributed by atoms with Crippen molar-refractivity contribution < 1.29 is 0 Å². The lowest BCUT2D eigenvalue weighted by Gasteiger charge is -2.26. The highest BCUT2D eigenvalue weighted by Crippen LogP contribution is 2.50. The number of anilines is 4. The lowest BCUT2D eigenvalue weighted by atomic mass is 9.80. The number of nitrogens with zero attached hydrogens (tertiary/aromatic N) is 4. The van der Waals surface area contributed by atoms with Gasteiger partial charge in [-0.25, -0.2) is 9.97 Å². The summed E-state index contributed by atoms with van der Waals surface area (Å²) in [7, 11) is 4.23. The summed E-state index contributed by atoms with van der Waals surface area (Å²) in [5.41, 5.74) is 17.9. The summed E-state index contributed by atoms with van der Waals surface area (Å²) < 4.78 is 0. The Hall–Kier alpha value is -6.00. The van der Waals surface area contributed by atoms with Crippen molar-refractivity contribution in [2.45, 2.75) is 19.3 Å². The molecule has 4 heteroatoms. The highest BCUT2D eigenvalue weighted by atomic mass is 15.1. The molecule has 0 N–H and O–H groups in total. The summed E-state index contributed by atoms with van der Waals surface area (Å²) in [5, 5.41) is 0. The van der Waals surface area contributed by atoms with E-state index >= 15 is 0 Å². The molecule has 7 aromatic rings. The number of fused-ring (bicyclic) bond motifs is 7. The molecule has 4 nitrogen and oxygen atoms in total. The second-order valence-electron chi connectivity index (χ2n) is 13.0. The summed E-state index contributed by atoms with van der Waals surface area (Å²) in [6.07, 6.45) is 3.28. The topological polar surface area (TPSA) is 32.3 Å². The Bertz CT molecular complexity index is 2260. The van der Waals surface area contributed by atoms with E-state index in [1.165, 1.54) is 33.4 Å². The Kier molecular flexibility index (Phi) is 7.09. The Morgan fingerprint density at radius 1 is 0.429 bits per heavy atom. The number of para-hydroxylation sites is 2. The summed E-state index contributed by atoms with van der Waals surface area (Å²) in [4.78, 5) is 15.8. The normalized spacial score (nSPS) is 13.2. The van der Waals surface area contributed by atoms with Crippen LogP contribution in [0.4, 0.5) is 22.7 Å². The largest absolute Gasteiger partial charge is 0.343 e. The zero-order valence-electron chi connectivity index (χ0n) is 27.8. The molecule has 0 spiro atoms. The number of rotatable bonds is 4. The van der Waals surface area contributed by atoms with E-state index in [4.69, 9.17) is 9.97 Å². The molecule has 0 bridgehead atoms. The van der Waals surface area contributed by atoms with Crippen LogP contribution >= 0.6 is 0 Å². The molecule has 0 aliphatic heterocycles. The van der Waals surface area contributed by atoms with Gasteiger partial charge in [-0.1, -0.05) is 109 Å². The van der Waals surface area contributed by atoms with Crippen molar-refractivity contribution in [3.05, 3.63) is 168 Å². The second kappa shape index (κ2) is 11.9. The molecule has 49 heavy (non-hydrogen) atoms. The van der Waals surface area contributed by atoms with Gasteiger partial charge in [0.25, 0.3) is 0 Å². The first-order valence-electron chi connectivity index (χ1n) is 17.1. The molecular weight excluding hydrogens is 597 g/mol. The van der Waals surface area contributed by atoms with Crippen molar-refractivity contribution in [2.75, 3.05) is 23.9 Å². The first kappa shape index (κ1) is 29.2. The molecule has 0 unspecified atom stereocenters. The SMILES string of the molecule is CN(c1ccccc1)c1ccc(N(C)c2ccccc2)c2nc3c(nc12)-c1ccccc1C(=C1CCCc2ccccc21)c1ccccc1-3. The first-order valence-corrected chi connectivity index (χ1v) is 17.1. The minimum absolute atomic E-state index is 0.872. The van der Waals surface area contributed by atoms with Crippen LogP contribution in [0.25, 0.3) is 44.7 Å². The van der Waals surface area contributed by atoms with Crippen LogP contribution in [0.15, 0.2) is 146 Å². The average molecular weight is 633 g/mol. The number of aromatic nitrogens is 2. The molecule has 0 saturated carbocycles. The maximum Gasteiger partial charge on any atom is 0.115 e. The molecular formula is C45H36N4. The molecule has 0 atom stereocenters. The van der Waals surface area contributed by atoms with Gasteiger partial charge in [-0.2, -0.15) is 0 Å². The van der Waals surface area contributed by atoms with E-state index in [2.05, 4.69) is 169 Å². The standard InChI is InChI=1S/C45H36N4/c1-48(31-18-5-3-6-19-31)39-28-29-40(49(2)32-20-7-4-8-21-32)45-44(39)46-42-37-25-13-11-23-35(37)41(36-24-12-14-26-38(36)43(42)47-45)34-27-15-17-30-16-9-10-22-33(30)34/h3-14,16,18-26,28-29H,15,17,27H2,1-2H3. The zero-order chi connectivity index (χ0) is 32.9. The molecule has 0 saturated heterocycles. The number of hydrogen-bond acceptors (Lipinski definition) is 4. The van der Waals surface area contributed by atoms with Crippen molar-refractivity contribution in [2.24, 2.45) is 0 Å². The summed E-state index contributed by atoms with van der Waals surface area (Å²) in [5.74, 6) is 0. The monoisotopic (exact) mass is 632 g/mol. The predicted octanol–water partition coefficient (Wildman–Crippen LogP) is 11.1. The third-order valence-corrected chi connectivity index (χ3v) is 10.2. The molecule has 9 rings (SSSR count). The van der Waals surface area contributed by atoms with Gasteiger partial charge >= 0.3 is 0 Å². The van der Waals surface area contributed by atoms with E-state index in [-0.39, 0.29) is 0 Å². The van der Waals surface area contributed by atoms with Crippen molar-refractivity contribution >= 4 is 44.9 Å². The molecule has 0 amide bonds. The molecule has 2 aliphatic carbocycles. The highest BCUT2D eigenvalue weighted by molar-refractivity contribution is 6.10. The van der Waals surface area contributed by atoms with Gasteiger partial charge in [-0.05, 0) is 89.1 Å². The van der Waals surface area contributed by atoms with E-state index in [9.17, 15) is 0 Å². The summed E-state index contributed by atoms with van der Waals surface area (Å²) >= 11 is 0. The first-order chi connectivity index (χ1) is 24.2. The molecule has 1 heterocycles. The maximum atomic E-state index is 5.67. The van der Waals surface area contributed by atoms with Crippen LogP contribution in [0.5, 0.6) is 0 Å². The molecule has 2 aliphatic rings. The molecule has 0 radical (unpaired) electrons. The van der Waals surface area contributed by atoms with Crippen LogP contribution in [0.3, 0.4) is 0 Å². The van der Waals surface area contributed by atoms with Crippen LogP contribution in [0.2, 0.25) is 0 Å². The van der Waals surface area contributed by atoms with Crippen molar-refractivity contribution in [3.63, 3.8) is 0 Å². The predicted molar refractivity (Wildman–Crippen MR) is 205 cm³/mol. The smallest absolute Gasteiger partial charge is 0.115 e. The van der Waals surface area contributed by atoms with Crippen LogP contribution in [0.1, 0.15) is 35.1 Å². The molecule has 1 aromatic heterocycles. The van der Waals surface area contributed by atoms with Crippen molar-refractivity contribution in [1.29, 1.82) is 0 Å². The fourth-order valence-electron chi connectivity index (χ4n) is 7.77. The number of aryl methyl sites for hydroxylation is 1. The molecule has 236 valence electrons. The van der Waals surface area contributed by atoms with Crippen molar-refractivity contribution in [3.8, 4) is 22.5 Å². The Morgan fingerprint density at radius 3 is 1.37 bits per heavy atom. The Balaban J connectivity index is 1.38. The second-order valence-corrected chi connectivity index (χ2v) is 13.0. The van der Waals surface area contributed by atoms with Gasteiger partial charge in [0, 0.05) is 36.6 Å². The lowest BCUT2D eigenvalue weighted by molar-refractivity contribution is 0.823. The van der Waals surface area contributed by atoms with E-state index in [1.54, 1.807) is 0 Å². The van der Waals surface area contributed by atoms with Crippen molar-refractivity contribution in [1.82, 2.24) is 9.97 Å². The minimum atomic E-state index is 0.872. The van der Waals surface area contributed by atoms with Crippen LogP contribution in [-0.2, 0) is 6.42 Å². The quantitative estimate of drug-likeness (QED) is 0.193. The van der Waals surface area contributed by atoms with Gasteiger partial charge in [0.2, 0.25) is 0 Å². The van der Waals surface area contributed by atoms with Crippen LogP contribution in [-0.4, -0.2) is 24.1 Å². The van der Waals surface area contributed by atoms with Crippen LogP contribution < -0.4 is 9.80 Å². The Labute approximate surface area is 287 Å². The lowest BCUT2D eigenvalue weighted by Crippen LogP contribution is -2.14. The van der Waals surface area contributed by atoms with E-state index in [0.717, 1.165) is 75.6 Å². The van der Waals surface area contributed by atoms with E-state index in [0.29, 0.717) is 0 Å². The minimum Gasteiger partial charge on any atom is -0.343 e. The zero-order valence-corrected chi connectivity index (χ0v) is 27.8. The van der Waals surface area contributed by atoms with Gasteiger partial charge in [-0.3, -0.25) is 0 Å². The Morgan fingerprint density at radius 2 is 0.857 bits per heavy atom. The summed E-state index contributed by atoms with van der Waals surface area (Å²) in [6.45, 7) is 0. The van der Waals surface area contributed by atoms with Gasteiger partial charge < -0.3 is 9.80 Å².